The first-order valence-corrected chi connectivity index (χ1v) is 8.83. The van der Waals surface area contributed by atoms with Crippen LogP contribution in [0.2, 0.25) is 0 Å². The third-order valence-corrected chi connectivity index (χ3v) is 5.33. The zero-order valence-electron chi connectivity index (χ0n) is 14.8. The van der Waals surface area contributed by atoms with Gasteiger partial charge >= 0.3 is 6.18 Å². The molecule has 3 aromatic carbocycles. The van der Waals surface area contributed by atoms with E-state index in [0.29, 0.717) is 16.7 Å². The minimum atomic E-state index is -4.32. The van der Waals surface area contributed by atoms with E-state index in [1.165, 1.54) is 18.2 Å². The number of halogens is 4. The molecule has 0 aliphatic carbocycles. The zero-order chi connectivity index (χ0) is 19.6. The number of alkyl halides is 3. The van der Waals surface area contributed by atoms with Crippen LogP contribution < -0.4 is 0 Å². The first-order chi connectivity index (χ1) is 13.3. The van der Waals surface area contributed by atoms with Gasteiger partial charge in [-0.3, -0.25) is 4.40 Å². The van der Waals surface area contributed by atoms with E-state index in [2.05, 4.69) is 4.98 Å². The van der Waals surface area contributed by atoms with Gasteiger partial charge in [0, 0.05) is 10.8 Å². The second kappa shape index (κ2) is 5.67. The number of hydrogen-bond acceptors (Lipinski definition) is 1. The SMILES string of the molecule is CC(c1ccc2nc3c4ccc(F)cc4c4ccccc4n3c2c1)C(F)(F)F. The summed E-state index contributed by atoms with van der Waals surface area (Å²) < 4.78 is 55.4. The third kappa shape index (κ3) is 2.37. The number of fused-ring (bicyclic) bond motifs is 8. The number of para-hydroxylation sites is 1. The molecule has 28 heavy (non-hydrogen) atoms. The molecule has 0 spiro atoms. The summed E-state index contributed by atoms with van der Waals surface area (Å²) >= 11 is 0. The van der Waals surface area contributed by atoms with Crippen molar-refractivity contribution in [3.8, 4) is 0 Å². The molecule has 0 amide bonds. The number of pyridine rings is 1. The average molecular weight is 382 g/mol. The van der Waals surface area contributed by atoms with Gasteiger partial charge in [0.05, 0.1) is 22.5 Å². The van der Waals surface area contributed by atoms with Crippen LogP contribution in [-0.2, 0) is 0 Å². The summed E-state index contributed by atoms with van der Waals surface area (Å²) in [7, 11) is 0. The lowest BCUT2D eigenvalue weighted by Gasteiger charge is -2.16. The van der Waals surface area contributed by atoms with Crippen molar-refractivity contribution in [2.24, 2.45) is 0 Å². The van der Waals surface area contributed by atoms with Crippen LogP contribution in [-0.4, -0.2) is 15.6 Å². The van der Waals surface area contributed by atoms with Gasteiger partial charge in [0.15, 0.2) is 0 Å². The van der Waals surface area contributed by atoms with Crippen molar-refractivity contribution in [2.45, 2.75) is 19.0 Å². The summed E-state index contributed by atoms with van der Waals surface area (Å²) in [5.41, 5.74) is 2.76. The Bertz CT molecular complexity index is 1380. The van der Waals surface area contributed by atoms with Crippen LogP contribution in [0.5, 0.6) is 0 Å². The maximum Gasteiger partial charge on any atom is 0.395 e. The van der Waals surface area contributed by atoms with E-state index in [0.717, 1.165) is 28.6 Å². The molecule has 1 unspecified atom stereocenters. The van der Waals surface area contributed by atoms with Crippen LogP contribution >= 0.6 is 0 Å². The number of nitrogens with zero attached hydrogens (tertiary/aromatic N) is 2. The van der Waals surface area contributed by atoms with E-state index >= 15 is 0 Å². The van der Waals surface area contributed by atoms with Gasteiger partial charge in [-0.15, -0.1) is 0 Å². The fourth-order valence-electron chi connectivity index (χ4n) is 3.81. The summed E-state index contributed by atoms with van der Waals surface area (Å²) in [4.78, 5) is 4.65. The molecule has 5 aromatic rings. The second-order valence-corrected chi connectivity index (χ2v) is 6.99. The highest BCUT2D eigenvalue weighted by molar-refractivity contribution is 6.13. The Kier molecular flexibility index (Phi) is 3.44. The lowest BCUT2D eigenvalue weighted by Crippen LogP contribution is -2.17. The lowest BCUT2D eigenvalue weighted by molar-refractivity contribution is -0.146. The molecule has 140 valence electrons. The molecule has 0 bridgehead atoms. The van der Waals surface area contributed by atoms with Gasteiger partial charge < -0.3 is 0 Å². The number of aromatic nitrogens is 2. The number of hydrogen-bond donors (Lipinski definition) is 0. The molecular weight excluding hydrogens is 368 g/mol. The Morgan fingerprint density at radius 2 is 1.64 bits per heavy atom. The van der Waals surface area contributed by atoms with Crippen LogP contribution in [0.3, 0.4) is 0 Å². The highest BCUT2D eigenvalue weighted by Crippen LogP contribution is 2.37. The van der Waals surface area contributed by atoms with Crippen molar-refractivity contribution in [3.05, 3.63) is 72.0 Å². The zero-order valence-corrected chi connectivity index (χ0v) is 14.8. The predicted molar refractivity (Wildman–Crippen MR) is 102 cm³/mol. The summed E-state index contributed by atoms with van der Waals surface area (Å²) in [5.74, 6) is -1.93. The van der Waals surface area contributed by atoms with Crippen molar-refractivity contribution < 1.29 is 17.6 Å². The van der Waals surface area contributed by atoms with Crippen LogP contribution in [0.1, 0.15) is 18.4 Å². The molecule has 0 aliphatic rings. The molecule has 0 N–H and O–H groups in total. The van der Waals surface area contributed by atoms with Gasteiger partial charge in [0.2, 0.25) is 0 Å². The first-order valence-electron chi connectivity index (χ1n) is 8.83. The third-order valence-electron chi connectivity index (χ3n) is 5.33. The summed E-state index contributed by atoms with van der Waals surface area (Å²) in [6.07, 6.45) is -4.32. The van der Waals surface area contributed by atoms with Crippen molar-refractivity contribution in [1.82, 2.24) is 9.38 Å². The van der Waals surface area contributed by atoms with E-state index in [4.69, 9.17) is 0 Å². The molecule has 0 radical (unpaired) electrons. The van der Waals surface area contributed by atoms with Gasteiger partial charge in [0.1, 0.15) is 11.5 Å². The predicted octanol–water partition coefficient (Wildman–Crippen LogP) is 6.60. The second-order valence-electron chi connectivity index (χ2n) is 6.99. The Morgan fingerprint density at radius 1 is 0.857 bits per heavy atom. The average Bonchev–Trinajstić information content (AvgIpc) is 3.05. The fraction of sp³-hybridized carbons (Fsp3) is 0.136. The van der Waals surface area contributed by atoms with Crippen molar-refractivity contribution >= 4 is 38.4 Å². The Labute approximate surface area is 157 Å². The topological polar surface area (TPSA) is 17.3 Å². The van der Waals surface area contributed by atoms with E-state index < -0.39 is 12.1 Å². The van der Waals surface area contributed by atoms with E-state index in [1.54, 1.807) is 18.2 Å². The lowest BCUT2D eigenvalue weighted by atomic mass is 10.00. The minimum Gasteiger partial charge on any atom is -0.292 e. The molecule has 2 heterocycles. The molecule has 2 aromatic heterocycles. The highest BCUT2D eigenvalue weighted by Gasteiger charge is 2.37. The number of imidazole rings is 1. The van der Waals surface area contributed by atoms with Crippen LogP contribution in [0.15, 0.2) is 60.7 Å². The van der Waals surface area contributed by atoms with Crippen LogP contribution in [0, 0.1) is 5.82 Å². The molecular formula is C22H14F4N2. The normalized spacial score (nSPS) is 13.8. The Hall–Kier alpha value is -3.15. The molecule has 0 saturated heterocycles. The van der Waals surface area contributed by atoms with E-state index in [9.17, 15) is 17.6 Å². The Morgan fingerprint density at radius 3 is 2.43 bits per heavy atom. The van der Waals surface area contributed by atoms with Crippen molar-refractivity contribution in [3.63, 3.8) is 0 Å². The quantitative estimate of drug-likeness (QED) is 0.236. The standard InChI is InChI=1S/C22H14F4N2/c1-12(22(24,25)26)13-6-9-18-20(10-13)28-19-5-3-2-4-15(19)17-11-14(23)7-8-16(17)21(28)27-18/h2-12H,1H3. The maximum absolute atomic E-state index is 13.9. The molecule has 6 heteroatoms. The Balaban J connectivity index is 1.96. The van der Waals surface area contributed by atoms with Gasteiger partial charge in [-0.05, 0) is 54.3 Å². The smallest absolute Gasteiger partial charge is 0.292 e. The number of benzene rings is 3. The van der Waals surface area contributed by atoms with Crippen molar-refractivity contribution in [1.29, 1.82) is 0 Å². The van der Waals surface area contributed by atoms with E-state index in [-0.39, 0.29) is 11.4 Å². The molecule has 0 aliphatic heterocycles. The minimum absolute atomic E-state index is 0.185. The molecule has 0 saturated carbocycles. The molecule has 2 nitrogen and oxygen atoms in total. The summed E-state index contributed by atoms with van der Waals surface area (Å²) in [6, 6.07) is 16.6. The summed E-state index contributed by atoms with van der Waals surface area (Å²) in [5, 5.41) is 2.29. The first kappa shape index (κ1) is 17.0. The molecule has 5 rings (SSSR count). The summed E-state index contributed by atoms with van der Waals surface area (Å²) in [6.45, 7) is 1.15. The fourth-order valence-corrected chi connectivity index (χ4v) is 3.81. The van der Waals surface area contributed by atoms with Crippen LogP contribution in [0.4, 0.5) is 17.6 Å². The monoisotopic (exact) mass is 382 g/mol. The molecule has 0 fully saturated rings. The van der Waals surface area contributed by atoms with E-state index in [1.807, 2.05) is 28.7 Å². The van der Waals surface area contributed by atoms with Gasteiger partial charge in [0.25, 0.3) is 0 Å². The van der Waals surface area contributed by atoms with Crippen LogP contribution in [0.25, 0.3) is 38.4 Å². The number of rotatable bonds is 1. The highest BCUT2D eigenvalue weighted by atomic mass is 19.4. The maximum atomic E-state index is 13.9. The largest absolute Gasteiger partial charge is 0.395 e. The van der Waals surface area contributed by atoms with Gasteiger partial charge in [-0.2, -0.15) is 13.2 Å². The van der Waals surface area contributed by atoms with Gasteiger partial charge in [-0.1, -0.05) is 24.3 Å². The van der Waals surface area contributed by atoms with Crippen molar-refractivity contribution in [2.75, 3.05) is 0 Å². The van der Waals surface area contributed by atoms with Gasteiger partial charge in [-0.25, -0.2) is 9.37 Å². The molecule has 1 atom stereocenters.